The molecular formula is C57H75NO5. The Morgan fingerprint density at radius 1 is 0.444 bits per heavy atom. The summed E-state index contributed by atoms with van der Waals surface area (Å²) in [6, 6.07) is 26.7. The van der Waals surface area contributed by atoms with E-state index >= 15 is 0 Å². The van der Waals surface area contributed by atoms with Gasteiger partial charge in [0.15, 0.2) is 0 Å². The molecule has 6 heteroatoms. The van der Waals surface area contributed by atoms with Gasteiger partial charge in [0.05, 0.1) is 26.4 Å². The van der Waals surface area contributed by atoms with Crippen molar-refractivity contribution >= 4 is 0 Å². The zero-order valence-corrected chi connectivity index (χ0v) is 39.9. The van der Waals surface area contributed by atoms with E-state index < -0.39 is 0 Å². The molecule has 0 atom stereocenters. The molecule has 0 aromatic heterocycles. The molecular weight excluding hydrogens is 779 g/mol. The van der Waals surface area contributed by atoms with E-state index in [9.17, 15) is 5.11 Å². The third kappa shape index (κ3) is 12.6. The molecule has 1 N–H and O–H groups in total. The summed E-state index contributed by atoms with van der Waals surface area (Å²) in [5.41, 5.74) is 14.7. The number of phenols is 1. The van der Waals surface area contributed by atoms with Crippen molar-refractivity contribution in [3.05, 3.63) is 134 Å². The van der Waals surface area contributed by atoms with Crippen LogP contribution in [0.15, 0.2) is 72.8 Å². The summed E-state index contributed by atoms with van der Waals surface area (Å²) >= 11 is 0. The molecule has 0 saturated carbocycles. The molecule has 0 radical (unpaired) electrons. The monoisotopic (exact) mass is 854 g/mol. The lowest BCUT2D eigenvalue weighted by atomic mass is 9.88. The summed E-state index contributed by atoms with van der Waals surface area (Å²) in [5, 5.41) is 11.7. The second-order valence-electron chi connectivity index (χ2n) is 17.8. The van der Waals surface area contributed by atoms with Crippen LogP contribution in [-0.4, -0.2) is 49.5 Å². The summed E-state index contributed by atoms with van der Waals surface area (Å²) in [7, 11) is 0. The van der Waals surface area contributed by atoms with E-state index in [4.69, 9.17) is 18.9 Å². The minimum atomic E-state index is 0.233. The van der Waals surface area contributed by atoms with Crippen LogP contribution in [0.2, 0.25) is 0 Å². The number of hydrogen-bond acceptors (Lipinski definition) is 6. The van der Waals surface area contributed by atoms with E-state index in [1.807, 2.05) is 12.1 Å². The summed E-state index contributed by atoms with van der Waals surface area (Å²) in [5.74, 6) is 3.85. The van der Waals surface area contributed by atoms with Crippen molar-refractivity contribution in [2.45, 2.75) is 139 Å². The molecule has 6 nitrogen and oxygen atoms in total. The molecule has 1 aliphatic carbocycles. The van der Waals surface area contributed by atoms with Gasteiger partial charge >= 0.3 is 0 Å². The predicted octanol–water partition coefficient (Wildman–Crippen LogP) is 13.9. The van der Waals surface area contributed by atoms with E-state index in [1.165, 1.54) is 47.9 Å². The Balaban J connectivity index is 1.66. The molecule has 63 heavy (non-hydrogen) atoms. The van der Waals surface area contributed by atoms with Gasteiger partial charge in [-0.2, -0.15) is 0 Å². The van der Waals surface area contributed by atoms with Gasteiger partial charge < -0.3 is 24.1 Å². The molecule has 0 saturated heterocycles. The zero-order chi connectivity index (χ0) is 44.7. The Kier molecular flexibility index (Phi) is 17.9. The van der Waals surface area contributed by atoms with Gasteiger partial charge in [-0.25, -0.2) is 0 Å². The highest BCUT2D eigenvalue weighted by Gasteiger charge is 2.24. The standard InChI is InChI=1S/C57H75NO5/c1-9-15-20-58(21-16-10-2)39-42-29-47-31-43-18-17-19-44(54(43)60-22-11-3)32-49-33-46(45-27-40(7)26-41(8)28-45)34-50(56(49)62-24-13-5)36-52-38-53(59)37-51(57(52)63-25-14-6)35-48(30-42)55(47)61-23-12-4/h17-19,26-30,33-34,37-38,59H,9-16,20-25,31-32,35-36,39H2,1-8H3. The number of benzene rings is 5. The first-order valence-electron chi connectivity index (χ1n) is 24.3. The highest BCUT2D eigenvalue weighted by atomic mass is 16.5. The number of fused-ring (bicyclic) bond motifs is 8. The van der Waals surface area contributed by atoms with Gasteiger partial charge in [-0.15, -0.1) is 0 Å². The van der Waals surface area contributed by atoms with Crippen LogP contribution in [0.1, 0.15) is 154 Å². The lowest BCUT2D eigenvalue weighted by Gasteiger charge is -2.26. The zero-order valence-electron chi connectivity index (χ0n) is 39.9. The molecule has 5 aromatic rings. The number of nitrogens with zero attached hydrogens (tertiary/aromatic N) is 1. The normalized spacial score (nSPS) is 12.4. The SMILES string of the molecule is CCCCN(CCCC)Cc1cc2c(OCCC)c(c1)Cc1cc(O)cc(c1OCCC)Cc1cc(-c3cc(C)cc(C)c3)cc(c1OCCC)Cc1cccc(c1OCCC)C2. The Hall–Kier alpha value is -4.94. The van der Waals surface area contributed by atoms with Crippen LogP contribution in [-0.2, 0) is 32.2 Å². The maximum atomic E-state index is 11.7. The summed E-state index contributed by atoms with van der Waals surface area (Å²) < 4.78 is 27.3. The molecule has 338 valence electrons. The number of para-hydroxylation sites is 1. The molecule has 0 unspecified atom stereocenters. The Morgan fingerprint density at radius 3 is 1.22 bits per heavy atom. The Bertz CT molecular complexity index is 2230. The average molecular weight is 854 g/mol. The molecule has 0 amide bonds. The number of unbranched alkanes of at least 4 members (excludes halogenated alkanes) is 2. The van der Waals surface area contributed by atoms with Crippen molar-refractivity contribution in [2.24, 2.45) is 0 Å². The third-order valence-corrected chi connectivity index (χ3v) is 11.9. The first-order chi connectivity index (χ1) is 30.7. The maximum Gasteiger partial charge on any atom is 0.126 e. The van der Waals surface area contributed by atoms with Crippen molar-refractivity contribution in [1.82, 2.24) is 4.90 Å². The van der Waals surface area contributed by atoms with Gasteiger partial charge in [-0.1, -0.05) is 114 Å². The minimum absolute atomic E-state index is 0.233. The lowest BCUT2D eigenvalue weighted by molar-refractivity contribution is 0.256. The van der Waals surface area contributed by atoms with Gasteiger partial charge in [0, 0.05) is 43.4 Å². The first kappa shape index (κ1) is 47.5. The number of aromatic hydroxyl groups is 1. The highest BCUT2D eigenvalue weighted by molar-refractivity contribution is 5.70. The Morgan fingerprint density at radius 2 is 0.810 bits per heavy atom. The lowest BCUT2D eigenvalue weighted by Crippen LogP contribution is -2.25. The van der Waals surface area contributed by atoms with Crippen molar-refractivity contribution in [3.8, 4) is 39.9 Å². The third-order valence-electron chi connectivity index (χ3n) is 11.9. The van der Waals surface area contributed by atoms with Crippen LogP contribution in [0.4, 0.5) is 0 Å². The summed E-state index contributed by atoms with van der Waals surface area (Å²) in [6.45, 7) is 23.0. The van der Waals surface area contributed by atoms with Crippen LogP contribution >= 0.6 is 0 Å². The number of ether oxygens (including phenoxy) is 4. The molecule has 8 bridgehead atoms. The smallest absolute Gasteiger partial charge is 0.126 e. The van der Waals surface area contributed by atoms with Crippen LogP contribution in [0.25, 0.3) is 11.1 Å². The summed E-state index contributed by atoms with van der Waals surface area (Å²) in [6.07, 6.45) is 10.6. The second-order valence-corrected chi connectivity index (χ2v) is 17.8. The van der Waals surface area contributed by atoms with E-state index in [0.717, 1.165) is 118 Å². The van der Waals surface area contributed by atoms with Crippen LogP contribution in [0, 0.1) is 13.8 Å². The van der Waals surface area contributed by atoms with Gasteiger partial charge in [-0.3, -0.25) is 4.90 Å². The van der Waals surface area contributed by atoms with Crippen LogP contribution in [0.3, 0.4) is 0 Å². The second kappa shape index (κ2) is 23.7. The largest absolute Gasteiger partial charge is 0.508 e. The van der Waals surface area contributed by atoms with E-state index in [1.54, 1.807) is 0 Å². The van der Waals surface area contributed by atoms with E-state index in [2.05, 4.69) is 121 Å². The molecule has 0 fully saturated rings. The molecule has 0 spiro atoms. The minimum Gasteiger partial charge on any atom is -0.508 e. The molecule has 0 aliphatic heterocycles. The van der Waals surface area contributed by atoms with Gasteiger partial charge in [0.1, 0.15) is 28.7 Å². The fourth-order valence-electron chi connectivity index (χ4n) is 9.09. The van der Waals surface area contributed by atoms with Gasteiger partial charge in [-0.05, 0) is 140 Å². The highest BCUT2D eigenvalue weighted by Crippen LogP contribution is 2.42. The van der Waals surface area contributed by atoms with E-state index in [-0.39, 0.29) is 5.75 Å². The van der Waals surface area contributed by atoms with Crippen molar-refractivity contribution in [1.29, 1.82) is 0 Å². The van der Waals surface area contributed by atoms with Crippen molar-refractivity contribution < 1.29 is 24.1 Å². The molecule has 0 heterocycles. The fraction of sp³-hybridized carbons (Fsp3) is 0.474. The predicted molar refractivity (Wildman–Crippen MR) is 262 cm³/mol. The average Bonchev–Trinajstić information content (AvgIpc) is 3.25. The molecule has 1 aliphatic rings. The summed E-state index contributed by atoms with van der Waals surface area (Å²) in [4.78, 5) is 2.63. The molecule has 6 rings (SSSR count). The van der Waals surface area contributed by atoms with Crippen LogP contribution in [0.5, 0.6) is 28.7 Å². The topological polar surface area (TPSA) is 60.4 Å². The van der Waals surface area contributed by atoms with Crippen LogP contribution < -0.4 is 18.9 Å². The number of phenolic OH excluding ortho intramolecular Hbond substituents is 1. The molecule has 5 aromatic carbocycles. The van der Waals surface area contributed by atoms with Gasteiger partial charge in [0.2, 0.25) is 0 Å². The number of aryl methyl sites for hydroxylation is 2. The number of hydrogen-bond donors (Lipinski definition) is 1. The maximum absolute atomic E-state index is 11.7. The van der Waals surface area contributed by atoms with Crippen molar-refractivity contribution in [2.75, 3.05) is 39.5 Å². The van der Waals surface area contributed by atoms with E-state index in [0.29, 0.717) is 52.1 Å². The number of rotatable bonds is 21. The quantitative estimate of drug-likeness (QED) is 0.0778. The Labute approximate surface area is 380 Å². The van der Waals surface area contributed by atoms with Crippen molar-refractivity contribution in [3.63, 3.8) is 0 Å². The first-order valence-corrected chi connectivity index (χ1v) is 24.3. The fourth-order valence-corrected chi connectivity index (χ4v) is 9.09. The van der Waals surface area contributed by atoms with Gasteiger partial charge in [0.25, 0.3) is 0 Å².